The fourth-order valence-electron chi connectivity index (χ4n) is 3.40. The van der Waals surface area contributed by atoms with E-state index in [0.717, 1.165) is 19.3 Å². The molecule has 27 heavy (non-hydrogen) atoms. The number of hydrogen-bond donors (Lipinski definition) is 2. The smallest absolute Gasteiger partial charge is 0.240 e. The zero-order valence-electron chi connectivity index (χ0n) is 15.5. The predicted molar refractivity (Wildman–Crippen MR) is 101 cm³/mol. The van der Waals surface area contributed by atoms with E-state index in [1.54, 1.807) is 6.07 Å². The van der Waals surface area contributed by atoms with Crippen molar-refractivity contribution >= 4 is 15.9 Å². The monoisotopic (exact) mass is 396 g/mol. The zero-order valence-corrected chi connectivity index (χ0v) is 16.4. The van der Waals surface area contributed by atoms with E-state index in [0.29, 0.717) is 37.6 Å². The van der Waals surface area contributed by atoms with Gasteiger partial charge in [-0.1, -0.05) is 19.3 Å². The second kappa shape index (κ2) is 9.41. The first kappa shape index (κ1) is 19.9. The average molecular weight is 397 g/mol. The van der Waals surface area contributed by atoms with Crippen LogP contribution in [0.1, 0.15) is 51.4 Å². The third kappa shape index (κ3) is 5.84. The van der Waals surface area contributed by atoms with Crippen molar-refractivity contribution in [2.45, 2.75) is 62.3 Å². The van der Waals surface area contributed by atoms with Gasteiger partial charge in [-0.3, -0.25) is 4.79 Å². The van der Waals surface area contributed by atoms with Gasteiger partial charge in [-0.2, -0.15) is 0 Å². The molecule has 0 bridgehead atoms. The molecule has 0 saturated heterocycles. The van der Waals surface area contributed by atoms with Crippen LogP contribution in [0.3, 0.4) is 0 Å². The SMILES string of the molecule is O=C(CCCNS(=O)(=O)c1ccc2c(c1)OCCCO2)NC1CCCCC1. The van der Waals surface area contributed by atoms with Crippen molar-refractivity contribution < 1.29 is 22.7 Å². The van der Waals surface area contributed by atoms with Crippen molar-refractivity contribution in [1.29, 1.82) is 0 Å². The van der Waals surface area contributed by atoms with Gasteiger partial charge in [0.15, 0.2) is 11.5 Å². The predicted octanol–water partition coefficient (Wildman–Crippen LogP) is 2.36. The first-order valence-electron chi connectivity index (χ1n) is 9.73. The zero-order chi connectivity index (χ0) is 19.1. The second-order valence-corrected chi connectivity index (χ2v) is 8.83. The number of rotatable bonds is 7. The average Bonchev–Trinajstić information content (AvgIpc) is 2.91. The third-order valence-electron chi connectivity index (χ3n) is 4.87. The van der Waals surface area contributed by atoms with Crippen LogP contribution in [0.15, 0.2) is 23.1 Å². The van der Waals surface area contributed by atoms with E-state index in [1.165, 1.54) is 31.4 Å². The molecule has 1 saturated carbocycles. The van der Waals surface area contributed by atoms with Gasteiger partial charge in [0.05, 0.1) is 18.1 Å². The number of sulfonamides is 1. The van der Waals surface area contributed by atoms with Crippen molar-refractivity contribution in [2.24, 2.45) is 0 Å². The van der Waals surface area contributed by atoms with E-state index in [2.05, 4.69) is 10.0 Å². The van der Waals surface area contributed by atoms with Crippen LogP contribution in [0.5, 0.6) is 11.5 Å². The van der Waals surface area contributed by atoms with E-state index in [4.69, 9.17) is 9.47 Å². The lowest BCUT2D eigenvalue weighted by atomic mass is 9.95. The summed E-state index contributed by atoms with van der Waals surface area (Å²) in [5.41, 5.74) is 0. The molecule has 7 nitrogen and oxygen atoms in total. The van der Waals surface area contributed by atoms with E-state index in [9.17, 15) is 13.2 Å². The number of carbonyl (C=O) groups is 1. The Hall–Kier alpha value is -1.80. The molecule has 1 fully saturated rings. The van der Waals surface area contributed by atoms with Gasteiger partial charge in [-0.25, -0.2) is 13.1 Å². The van der Waals surface area contributed by atoms with Gasteiger partial charge in [0, 0.05) is 31.5 Å². The standard InChI is InChI=1S/C19H28N2O5S/c22-19(21-15-6-2-1-3-7-15)8-4-11-20-27(23,24)16-9-10-17-18(14-16)26-13-5-12-25-17/h9-10,14-15,20H,1-8,11-13H2,(H,21,22). The minimum Gasteiger partial charge on any atom is -0.490 e. The molecule has 2 N–H and O–H groups in total. The van der Waals surface area contributed by atoms with Crippen LogP contribution < -0.4 is 19.5 Å². The summed E-state index contributed by atoms with van der Waals surface area (Å²) < 4.78 is 38.5. The van der Waals surface area contributed by atoms with Crippen LogP contribution >= 0.6 is 0 Å². The highest BCUT2D eigenvalue weighted by Crippen LogP contribution is 2.31. The summed E-state index contributed by atoms with van der Waals surface area (Å²) in [7, 11) is -3.65. The number of ether oxygens (including phenoxy) is 2. The fraction of sp³-hybridized carbons (Fsp3) is 0.632. The Morgan fingerprint density at radius 2 is 1.78 bits per heavy atom. The number of nitrogens with one attached hydrogen (secondary N) is 2. The molecule has 8 heteroatoms. The Kier molecular flexibility index (Phi) is 6.95. The maximum atomic E-state index is 12.5. The lowest BCUT2D eigenvalue weighted by Crippen LogP contribution is -2.36. The van der Waals surface area contributed by atoms with Crippen LogP contribution in [0, 0.1) is 0 Å². The maximum Gasteiger partial charge on any atom is 0.240 e. The molecule has 0 spiro atoms. The molecule has 3 rings (SSSR count). The van der Waals surface area contributed by atoms with Gasteiger partial charge in [0.1, 0.15) is 0 Å². The second-order valence-electron chi connectivity index (χ2n) is 7.06. The summed E-state index contributed by atoms with van der Waals surface area (Å²) in [6, 6.07) is 4.89. The van der Waals surface area contributed by atoms with Crippen molar-refractivity contribution in [1.82, 2.24) is 10.0 Å². The summed E-state index contributed by atoms with van der Waals surface area (Å²) in [5, 5.41) is 3.04. The van der Waals surface area contributed by atoms with E-state index < -0.39 is 10.0 Å². The number of hydrogen-bond acceptors (Lipinski definition) is 5. The first-order chi connectivity index (χ1) is 13.0. The molecule has 1 aromatic carbocycles. The van der Waals surface area contributed by atoms with Crippen LogP contribution in [0.25, 0.3) is 0 Å². The number of amides is 1. The minimum absolute atomic E-state index is 0.00308. The molecular weight excluding hydrogens is 368 g/mol. The molecule has 1 aliphatic carbocycles. The van der Waals surface area contributed by atoms with Gasteiger partial charge in [0.2, 0.25) is 15.9 Å². The van der Waals surface area contributed by atoms with E-state index >= 15 is 0 Å². The Morgan fingerprint density at radius 1 is 1.04 bits per heavy atom. The normalized spacial score (nSPS) is 17.9. The topological polar surface area (TPSA) is 93.7 Å². The lowest BCUT2D eigenvalue weighted by molar-refractivity contribution is -0.122. The van der Waals surface area contributed by atoms with Crippen molar-refractivity contribution in [3.05, 3.63) is 18.2 Å². The van der Waals surface area contributed by atoms with E-state index in [-0.39, 0.29) is 23.4 Å². The van der Waals surface area contributed by atoms with Gasteiger partial charge < -0.3 is 14.8 Å². The molecular formula is C19H28N2O5S. The molecule has 1 amide bonds. The molecule has 0 atom stereocenters. The third-order valence-corrected chi connectivity index (χ3v) is 6.33. The highest BCUT2D eigenvalue weighted by atomic mass is 32.2. The van der Waals surface area contributed by atoms with Gasteiger partial charge in [-0.15, -0.1) is 0 Å². The highest BCUT2D eigenvalue weighted by molar-refractivity contribution is 7.89. The van der Waals surface area contributed by atoms with Crippen LogP contribution in [-0.4, -0.2) is 40.1 Å². The molecule has 1 aliphatic heterocycles. The summed E-state index contributed by atoms with van der Waals surface area (Å²) in [4.78, 5) is 12.1. The quantitative estimate of drug-likeness (QED) is 0.690. The summed E-state index contributed by atoms with van der Waals surface area (Å²) in [6.45, 7) is 1.27. The highest BCUT2D eigenvalue weighted by Gasteiger charge is 2.19. The number of benzene rings is 1. The summed E-state index contributed by atoms with van der Waals surface area (Å²) >= 11 is 0. The summed E-state index contributed by atoms with van der Waals surface area (Å²) in [5.74, 6) is 1.00. The van der Waals surface area contributed by atoms with Gasteiger partial charge in [-0.05, 0) is 31.4 Å². The molecule has 0 unspecified atom stereocenters. The van der Waals surface area contributed by atoms with Gasteiger partial charge >= 0.3 is 0 Å². The largest absolute Gasteiger partial charge is 0.490 e. The molecule has 0 aromatic heterocycles. The summed E-state index contributed by atoms with van der Waals surface area (Å²) in [6.07, 6.45) is 7.21. The Balaban J connectivity index is 1.45. The fourth-order valence-corrected chi connectivity index (χ4v) is 4.49. The number of carbonyl (C=O) groups excluding carboxylic acids is 1. The lowest BCUT2D eigenvalue weighted by Gasteiger charge is -2.22. The molecule has 0 radical (unpaired) electrons. The Labute approximate surface area is 160 Å². The van der Waals surface area contributed by atoms with Crippen molar-refractivity contribution in [2.75, 3.05) is 19.8 Å². The van der Waals surface area contributed by atoms with Crippen LogP contribution in [0.2, 0.25) is 0 Å². The van der Waals surface area contributed by atoms with Crippen LogP contribution in [0.4, 0.5) is 0 Å². The maximum absolute atomic E-state index is 12.5. The molecule has 150 valence electrons. The van der Waals surface area contributed by atoms with Crippen LogP contribution in [-0.2, 0) is 14.8 Å². The molecule has 1 aromatic rings. The van der Waals surface area contributed by atoms with Gasteiger partial charge in [0.25, 0.3) is 0 Å². The Bertz CT molecular complexity index is 744. The van der Waals surface area contributed by atoms with Crippen molar-refractivity contribution in [3.8, 4) is 11.5 Å². The molecule has 1 heterocycles. The van der Waals surface area contributed by atoms with E-state index in [1.807, 2.05) is 0 Å². The minimum atomic E-state index is -3.65. The van der Waals surface area contributed by atoms with Crippen molar-refractivity contribution in [3.63, 3.8) is 0 Å². The molecule has 2 aliphatic rings. The Morgan fingerprint density at radius 3 is 2.56 bits per heavy atom. The number of fused-ring (bicyclic) bond motifs is 1. The first-order valence-corrected chi connectivity index (χ1v) is 11.2.